The van der Waals surface area contributed by atoms with Gasteiger partial charge in [-0.25, -0.2) is 15.0 Å². The summed E-state index contributed by atoms with van der Waals surface area (Å²) in [5.74, 6) is 0.988. The predicted molar refractivity (Wildman–Crippen MR) is 98.2 cm³/mol. The molecule has 3 rings (SSSR count). The van der Waals surface area contributed by atoms with Gasteiger partial charge in [0.15, 0.2) is 16.8 Å². The van der Waals surface area contributed by atoms with Crippen LogP contribution in [0.4, 0.5) is 28.7 Å². The van der Waals surface area contributed by atoms with Gasteiger partial charge in [0.25, 0.3) is 0 Å². The van der Waals surface area contributed by atoms with E-state index < -0.39 is 0 Å². The molecule has 2 heterocycles. The minimum Gasteiger partial charge on any atom is -0.393 e. The summed E-state index contributed by atoms with van der Waals surface area (Å²) in [6.07, 6.45) is 3.05. The van der Waals surface area contributed by atoms with Crippen molar-refractivity contribution in [1.29, 1.82) is 0 Å². The van der Waals surface area contributed by atoms with E-state index >= 15 is 0 Å². The standard InChI is InChI=1S/C17H17ClN6/c1-10-5-6-12(8-11(10)2)23-16-14(19)17(22-9-21-16)24-13-4-3-7-20-15(13)18/h3-9H,19H2,1-2H3,(H2,21,22,23,24). The molecule has 2 aromatic heterocycles. The molecule has 0 aliphatic rings. The number of hydrogen-bond acceptors (Lipinski definition) is 6. The molecule has 0 bridgehead atoms. The van der Waals surface area contributed by atoms with Crippen LogP contribution < -0.4 is 16.4 Å². The summed E-state index contributed by atoms with van der Waals surface area (Å²) in [4.78, 5) is 12.4. The average Bonchev–Trinajstić information content (AvgIpc) is 2.57. The maximum atomic E-state index is 6.18. The Morgan fingerprint density at radius 3 is 2.42 bits per heavy atom. The number of nitrogens with one attached hydrogen (secondary N) is 2. The predicted octanol–water partition coefficient (Wildman–Crippen LogP) is 4.21. The van der Waals surface area contributed by atoms with Gasteiger partial charge in [-0.1, -0.05) is 17.7 Å². The molecule has 0 aliphatic carbocycles. The van der Waals surface area contributed by atoms with Crippen molar-refractivity contribution < 1.29 is 0 Å². The second kappa shape index (κ2) is 6.72. The Bertz CT molecular complexity index is 881. The van der Waals surface area contributed by atoms with Crippen LogP contribution in [0.1, 0.15) is 11.1 Å². The van der Waals surface area contributed by atoms with Crippen LogP contribution in [0.5, 0.6) is 0 Å². The lowest BCUT2D eigenvalue weighted by atomic mass is 10.1. The number of hydrogen-bond donors (Lipinski definition) is 3. The zero-order valence-electron chi connectivity index (χ0n) is 13.3. The summed E-state index contributed by atoms with van der Waals surface area (Å²) >= 11 is 6.05. The Balaban J connectivity index is 1.88. The molecular weight excluding hydrogens is 324 g/mol. The van der Waals surface area contributed by atoms with Gasteiger partial charge in [0.2, 0.25) is 0 Å². The lowest BCUT2D eigenvalue weighted by Crippen LogP contribution is -2.05. The fraction of sp³-hybridized carbons (Fsp3) is 0.118. The van der Waals surface area contributed by atoms with E-state index in [0.717, 1.165) is 5.69 Å². The summed E-state index contributed by atoms with van der Waals surface area (Å²) < 4.78 is 0. The van der Waals surface area contributed by atoms with Crippen LogP contribution in [-0.4, -0.2) is 15.0 Å². The number of nitrogens with zero attached hydrogens (tertiary/aromatic N) is 3. The van der Waals surface area contributed by atoms with Crippen molar-refractivity contribution in [3.05, 3.63) is 59.1 Å². The highest BCUT2D eigenvalue weighted by atomic mass is 35.5. The molecular formula is C17H17ClN6. The first-order chi connectivity index (χ1) is 11.5. The lowest BCUT2D eigenvalue weighted by molar-refractivity contribution is 1.17. The van der Waals surface area contributed by atoms with Crippen LogP contribution in [0.25, 0.3) is 0 Å². The normalized spacial score (nSPS) is 10.5. The monoisotopic (exact) mass is 340 g/mol. The Morgan fingerprint density at radius 2 is 1.71 bits per heavy atom. The first-order valence-electron chi connectivity index (χ1n) is 7.37. The smallest absolute Gasteiger partial charge is 0.159 e. The number of halogens is 1. The summed E-state index contributed by atoms with van der Waals surface area (Å²) in [6.45, 7) is 4.12. The molecule has 0 fully saturated rings. The van der Waals surface area contributed by atoms with Crippen molar-refractivity contribution in [2.75, 3.05) is 16.4 Å². The summed E-state index contributed by atoms with van der Waals surface area (Å²) in [5.41, 5.74) is 10.5. The molecule has 24 heavy (non-hydrogen) atoms. The van der Waals surface area contributed by atoms with Crippen molar-refractivity contribution in [3.8, 4) is 0 Å². The molecule has 0 unspecified atom stereocenters. The maximum absolute atomic E-state index is 6.18. The van der Waals surface area contributed by atoms with Crippen LogP contribution in [0.2, 0.25) is 5.15 Å². The van der Waals surface area contributed by atoms with Crippen LogP contribution in [0.3, 0.4) is 0 Å². The van der Waals surface area contributed by atoms with Gasteiger partial charge in [0.1, 0.15) is 12.0 Å². The minimum absolute atomic E-state index is 0.346. The van der Waals surface area contributed by atoms with Gasteiger partial charge in [-0.3, -0.25) is 0 Å². The summed E-state index contributed by atoms with van der Waals surface area (Å²) in [7, 11) is 0. The number of anilines is 5. The molecule has 122 valence electrons. The SMILES string of the molecule is Cc1ccc(Nc2ncnc(Nc3cccnc3Cl)c2N)cc1C. The third kappa shape index (κ3) is 3.38. The van der Waals surface area contributed by atoms with Crippen LogP contribution >= 0.6 is 11.6 Å². The zero-order valence-corrected chi connectivity index (χ0v) is 14.1. The Labute approximate surface area is 145 Å². The first kappa shape index (κ1) is 16.0. The minimum atomic E-state index is 0.346. The van der Waals surface area contributed by atoms with Gasteiger partial charge in [0, 0.05) is 11.9 Å². The Morgan fingerprint density at radius 1 is 0.958 bits per heavy atom. The lowest BCUT2D eigenvalue weighted by Gasteiger charge is -2.13. The molecule has 3 aromatic rings. The van der Waals surface area contributed by atoms with Crippen LogP contribution in [0, 0.1) is 13.8 Å². The van der Waals surface area contributed by atoms with E-state index in [-0.39, 0.29) is 0 Å². The first-order valence-corrected chi connectivity index (χ1v) is 7.74. The van der Waals surface area contributed by atoms with E-state index in [1.807, 2.05) is 18.2 Å². The highest BCUT2D eigenvalue weighted by Crippen LogP contribution is 2.30. The molecule has 0 saturated heterocycles. The van der Waals surface area contributed by atoms with Crippen molar-refractivity contribution in [1.82, 2.24) is 15.0 Å². The number of aryl methyl sites for hydroxylation is 2. The summed E-state index contributed by atoms with van der Waals surface area (Å²) in [6, 6.07) is 9.65. The van der Waals surface area contributed by atoms with E-state index in [2.05, 4.69) is 39.4 Å². The fourth-order valence-corrected chi connectivity index (χ4v) is 2.32. The third-order valence-corrected chi connectivity index (χ3v) is 3.97. The second-order valence-electron chi connectivity index (χ2n) is 5.38. The summed E-state index contributed by atoms with van der Waals surface area (Å²) in [5, 5.41) is 6.64. The van der Waals surface area contributed by atoms with Gasteiger partial charge in [0.05, 0.1) is 5.69 Å². The van der Waals surface area contributed by atoms with E-state index in [0.29, 0.717) is 28.2 Å². The van der Waals surface area contributed by atoms with E-state index in [1.165, 1.54) is 17.5 Å². The molecule has 4 N–H and O–H groups in total. The van der Waals surface area contributed by atoms with E-state index in [1.54, 1.807) is 18.3 Å². The molecule has 0 amide bonds. The van der Waals surface area contributed by atoms with Gasteiger partial charge in [-0.05, 0) is 49.2 Å². The number of benzene rings is 1. The Hall–Kier alpha value is -2.86. The van der Waals surface area contributed by atoms with Gasteiger partial charge >= 0.3 is 0 Å². The van der Waals surface area contributed by atoms with Crippen molar-refractivity contribution in [2.24, 2.45) is 0 Å². The molecule has 0 spiro atoms. The molecule has 0 aliphatic heterocycles. The van der Waals surface area contributed by atoms with E-state index in [9.17, 15) is 0 Å². The molecule has 0 atom stereocenters. The number of nitrogens with two attached hydrogens (primary N) is 1. The van der Waals surface area contributed by atoms with Crippen molar-refractivity contribution in [3.63, 3.8) is 0 Å². The van der Waals surface area contributed by atoms with Crippen LogP contribution in [0.15, 0.2) is 42.9 Å². The number of nitrogen functional groups attached to an aromatic ring is 1. The molecule has 1 aromatic carbocycles. The molecule has 7 heteroatoms. The Kier molecular flexibility index (Phi) is 4.48. The van der Waals surface area contributed by atoms with Crippen LogP contribution in [-0.2, 0) is 0 Å². The highest BCUT2D eigenvalue weighted by molar-refractivity contribution is 6.32. The number of pyridine rings is 1. The molecule has 6 nitrogen and oxygen atoms in total. The largest absolute Gasteiger partial charge is 0.393 e. The molecule has 0 radical (unpaired) electrons. The second-order valence-corrected chi connectivity index (χ2v) is 5.73. The fourth-order valence-electron chi connectivity index (χ4n) is 2.16. The maximum Gasteiger partial charge on any atom is 0.159 e. The number of aromatic nitrogens is 3. The van der Waals surface area contributed by atoms with Gasteiger partial charge < -0.3 is 16.4 Å². The van der Waals surface area contributed by atoms with Gasteiger partial charge in [-0.15, -0.1) is 0 Å². The third-order valence-electron chi connectivity index (χ3n) is 3.67. The van der Waals surface area contributed by atoms with Crippen molar-refractivity contribution in [2.45, 2.75) is 13.8 Å². The zero-order chi connectivity index (χ0) is 17.1. The average molecular weight is 341 g/mol. The van der Waals surface area contributed by atoms with Crippen molar-refractivity contribution >= 4 is 40.3 Å². The van der Waals surface area contributed by atoms with E-state index in [4.69, 9.17) is 17.3 Å². The number of rotatable bonds is 4. The topological polar surface area (TPSA) is 88.8 Å². The quantitative estimate of drug-likeness (QED) is 0.616. The molecule has 0 saturated carbocycles. The highest BCUT2D eigenvalue weighted by Gasteiger charge is 2.10. The van der Waals surface area contributed by atoms with Gasteiger partial charge in [-0.2, -0.15) is 0 Å².